The maximum Gasteiger partial charge on any atom is 0.123 e. The summed E-state index contributed by atoms with van der Waals surface area (Å²) >= 11 is 0. The Morgan fingerprint density at radius 2 is 2.06 bits per heavy atom. The fourth-order valence-electron chi connectivity index (χ4n) is 3.30. The first-order chi connectivity index (χ1) is 7.96. The summed E-state index contributed by atoms with van der Waals surface area (Å²) in [6.07, 6.45) is 2.61. The van der Waals surface area contributed by atoms with E-state index in [1.54, 1.807) is 7.11 Å². The number of benzene rings is 1. The Labute approximate surface area is 104 Å². The van der Waals surface area contributed by atoms with Crippen molar-refractivity contribution in [2.24, 2.45) is 0 Å². The Balaban J connectivity index is 2.51. The standard InChI is InChI=1S/C15H22O2/c1-10-7-11(2)14(13(8-10)17-4)15(3)6-5-12(16)9-15/h7-8,12,16H,5-6,9H2,1-4H3. The highest BCUT2D eigenvalue weighted by Crippen LogP contribution is 2.46. The van der Waals surface area contributed by atoms with Gasteiger partial charge in [-0.15, -0.1) is 0 Å². The fraction of sp³-hybridized carbons (Fsp3) is 0.600. The van der Waals surface area contributed by atoms with Crippen molar-refractivity contribution in [3.63, 3.8) is 0 Å². The topological polar surface area (TPSA) is 29.5 Å². The average molecular weight is 234 g/mol. The van der Waals surface area contributed by atoms with Gasteiger partial charge in [0.25, 0.3) is 0 Å². The molecule has 1 aromatic rings. The van der Waals surface area contributed by atoms with E-state index in [2.05, 4.69) is 32.9 Å². The second-order valence-electron chi connectivity index (χ2n) is 5.62. The normalized spacial score (nSPS) is 28.4. The summed E-state index contributed by atoms with van der Waals surface area (Å²) in [5, 5.41) is 9.79. The van der Waals surface area contributed by atoms with Gasteiger partial charge in [-0.2, -0.15) is 0 Å². The number of methoxy groups -OCH3 is 1. The van der Waals surface area contributed by atoms with Crippen molar-refractivity contribution >= 4 is 0 Å². The summed E-state index contributed by atoms with van der Waals surface area (Å²) in [7, 11) is 1.73. The molecule has 0 heterocycles. The van der Waals surface area contributed by atoms with Crippen LogP contribution >= 0.6 is 0 Å². The molecule has 0 amide bonds. The molecule has 17 heavy (non-hydrogen) atoms. The molecule has 0 bridgehead atoms. The molecule has 0 radical (unpaired) electrons. The van der Waals surface area contributed by atoms with Crippen molar-refractivity contribution in [2.45, 2.75) is 51.6 Å². The quantitative estimate of drug-likeness (QED) is 0.852. The van der Waals surface area contributed by atoms with Crippen LogP contribution in [0.4, 0.5) is 0 Å². The number of hydrogen-bond donors (Lipinski definition) is 1. The fourth-order valence-corrected chi connectivity index (χ4v) is 3.30. The average Bonchev–Trinajstić information content (AvgIpc) is 2.57. The van der Waals surface area contributed by atoms with Crippen LogP contribution in [-0.2, 0) is 5.41 Å². The van der Waals surface area contributed by atoms with Gasteiger partial charge in [-0.05, 0) is 55.7 Å². The lowest BCUT2D eigenvalue weighted by Gasteiger charge is -2.28. The van der Waals surface area contributed by atoms with Crippen LogP contribution in [0.5, 0.6) is 5.75 Å². The molecule has 0 aromatic heterocycles. The molecule has 1 N–H and O–H groups in total. The molecule has 0 aliphatic heterocycles. The molecule has 2 unspecified atom stereocenters. The molecule has 0 spiro atoms. The van der Waals surface area contributed by atoms with E-state index in [0.717, 1.165) is 25.0 Å². The molecule has 1 aliphatic rings. The van der Waals surface area contributed by atoms with Crippen molar-refractivity contribution in [3.05, 3.63) is 28.8 Å². The van der Waals surface area contributed by atoms with E-state index in [9.17, 15) is 5.11 Å². The van der Waals surface area contributed by atoms with Gasteiger partial charge in [-0.3, -0.25) is 0 Å². The Hall–Kier alpha value is -1.02. The number of aliphatic hydroxyl groups excluding tert-OH is 1. The van der Waals surface area contributed by atoms with Gasteiger partial charge >= 0.3 is 0 Å². The summed E-state index contributed by atoms with van der Waals surface area (Å²) < 4.78 is 5.54. The van der Waals surface area contributed by atoms with Gasteiger partial charge in [-0.25, -0.2) is 0 Å². The summed E-state index contributed by atoms with van der Waals surface area (Å²) in [5.41, 5.74) is 3.84. The van der Waals surface area contributed by atoms with Crippen LogP contribution in [0.25, 0.3) is 0 Å². The van der Waals surface area contributed by atoms with Crippen LogP contribution in [0.2, 0.25) is 0 Å². The van der Waals surface area contributed by atoms with E-state index in [1.165, 1.54) is 16.7 Å². The molecule has 0 saturated heterocycles. The molecule has 2 rings (SSSR count). The lowest BCUT2D eigenvalue weighted by molar-refractivity contribution is 0.175. The van der Waals surface area contributed by atoms with Crippen LogP contribution in [0.1, 0.15) is 42.9 Å². The van der Waals surface area contributed by atoms with Crippen molar-refractivity contribution < 1.29 is 9.84 Å². The maximum absolute atomic E-state index is 9.79. The minimum Gasteiger partial charge on any atom is -0.496 e. The molecule has 1 aliphatic carbocycles. The largest absolute Gasteiger partial charge is 0.496 e. The number of ether oxygens (including phenoxy) is 1. The minimum atomic E-state index is -0.162. The van der Waals surface area contributed by atoms with Crippen molar-refractivity contribution in [1.82, 2.24) is 0 Å². The predicted octanol–water partition coefficient (Wildman–Crippen LogP) is 3.11. The highest BCUT2D eigenvalue weighted by molar-refractivity contribution is 5.48. The zero-order valence-electron chi connectivity index (χ0n) is 11.2. The molecule has 1 fully saturated rings. The maximum atomic E-state index is 9.79. The third kappa shape index (κ3) is 2.19. The first-order valence-corrected chi connectivity index (χ1v) is 6.30. The molecule has 1 saturated carbocycles. The van der Waals surface area contributed by atoms with Gasteiger partial charge in [0.1, 0.15) is 5.75 Å². The lowest BCUT2D eigenvalue weighted by Crippen LogP contribution is -2.21. The van der Waals surface area contributed by atoms with Crippen molar-refractivity contribution in [3.8, 4) is 5.75 Å². The zero-order valence-corrected chi connectivity index (χ0v) is 11.2. The first-order valence-electron chi connectivity index (χ1n) is 6.30. The van der Waals surface area contributed by atoms with Gasteiger partial charge in [0.2, 0.25) is 0 Å². The highest BCUT2D eigenvalue weighted by atomic mass is 16.5. The summed E-state index contributed by atoms with van der Waals surface area (Å²) in [6.45, 7) is 6.47. The number of aliphatic hydroxyl groups is 1. The monoisotopic (exact) mass is 234 g/mol. The van der Waals surface area contributed by atoms with Crippen LogP contribution in [-0.4, -0.2) is 18.3 Å². The molecular formula is C15H22O2. The minimum absolute atomic E-state index is 0.0581. The van der Waals surface area contributed by atoms with E-state index < -0.39 is 0 Å². The molecule has 2 heteroatoms. The summed E-state index contributed by atoms with van der Waals surface area (Å²) in [4.78, 5) is 0. The zero-order chi connectivity index (χ0) is 12.6. The Morgan fingerprint density at radius 3 is 2.59 bits per heavy atom. The number of rotatable bonds is 2. The van der Waals surface area contributed by atoms with Gasteiger partial charge in [-0.1, -0.05) is 13.0 Å². The summed E-state index contributed by atoms with van der Waals surface area (Å²) in [6, 6.07) is 4.30. The SMILES string of the molecule is COc1cc(C)cc(C)c1C1(C)CCC(O)C1. The van der Waals surface area contributed by atoms with E-state index >= 15 is 0 Å². The Kier molecular flexibility index (Phi) is 3.17. The molecule has 2 nitrogen and oxygen atoms in total. The molecular weight excluding hydrogens is 212 g/mol. The van der Waals surface area contributed by atoms with Crippen molar-refractivity contribution in [2.75, 3.05) is 7.11 Å². The Morgan fingerprint density at radius 1 is 1.35 bits per heavy atom. The van der Waals surface area contributed by atoms with E-state index in [0.29, 0.717) is 0 Å². The smallest absolute Gasteiger partial charge is 0.123 e. The van der Waals surface area contributed by atoms with E-state index in [1.807, 2.05) is 0 Å². The first kappa shape index (κ1) is 12.4. The van der Waals surface area contributed by atoms with Gasteiger partial charge in [0.05, 0.1) is 13.2 Å². The van der Waals surface area contributed by atoms with Crippen LogP contribution < -0.4 is 4.74 Å². The predicted molar refractivity (Wildman–Crippen MR) is 69.7 cm³/mol. The highest BCUT2D eigenvalue weighted by Gasteiger charge is 2.38. The van der Waals surface area contributed by atoms with Gasteiger partial charge < -0.3 is 9.84 Å². The van der Waals surface area contributed by atoms with Crippen LogP contribution in [0, 0.1) is 13.8 Å². The van der Waals surface area contributed by atoms with Gasteiger partial charge in [0.15, 0.2) is 0 Å². The second kappa shape index (κ2) is 4.34. The van der Waals surface area contributed by atoms with Gasteiger partial charge in [0, 0.05) is 5.56 Å². The summed E-state index contributed by atoms with van der Waals surface area (Å²) in [5.74, 6) is 0.971. The Bertz CT molecular complexity index is 425. The van der Waals surface area contributed by atoms with E-state index in [-0.39, 0.29) is 11.5 Å². The second-order valence-corrected chi connectivity index (χ2v) is 5.62. The third-order valence-electron chi connectivity index (χ3n) is 3.98. The van der Waals surface area contributed by atoms with E-state index in [4.69, 9.17) is 4.74 Å². The third-order valence-corrected chi connectivity index (χ3v) is 3.98. The van der Waals surface area contributed by atoms with Crippen LogP contribution in [0.15, 0.2) is 12.1 Å². The molecule has 94 valence electrons. The number of hydrogen-bond acceptors (Lipinski definition) is 2. The molecule has 2 atom stereocenters. The molecule has 1 aromatic carbocycles. The lowest BCUT2D eigenvalue weighted by atomic mass is 9.77. The number of aryl methyl sites for hydroxylation is 2. The van der Waals surface area contributed by atoms with Crippen molar-refractivity contribution in [1.29, 1.82) is 0 Å². The van der Waals surface area contributed by atoms with Crippen LogP contribution in [0.3, 0.4) is 0 Å².